The summed E-state index contributed by atoms with van der Waals surface area (Å²) in [6.07, 6.45) is -4.55. The molecule has 7 nitrogen and oxygen atoms in total. The normalized spacial score (nSPS) is 11.1. The Kier molecular flexibility index (Phi) is 7.70. The van der Waals surface area contributed by atoms with E-state index in [2.05, 4.69) is 20.8 Å². The molecule has 3 rings (SSSR count). The van der Waals surface area contributed by atoms with E-state index in [-0.39, 0.29) is 22.4 Å². The number of thioether (sulfide) groups is 1. The highest BCUT2D eigenvalue weighted by Crippen LogP contribution is 2.30. The Morgan fingerprint density at radius 2 is 1.88 bits per heavy atom. The van der Waals surface area contributed by atoms with Crippen molar-refractivity contribution in [3.63, 3.8) is 0 Å². The first-order valence-corrected chi connectivity index (χ1v) is 11.0. The van der Waals surface area contributed by atoms with E-state index in [1.54, 1.807) is 24.3 Å². The standard InChI is InChI=1S/C20H17F3N4O3S2/c1-2-30-15-9-4-3-8-14(15)24-16(28)11-31-19-27-26-18(32-19)25-17(29)12-6-5-7-13(10-12)20(21,22)23/h3-10H,2,11H2,1H3,(H,24,28)(H,25,26,29). The van der Waals surface area contributed by atoms with E-state index >= 15 is 0 Å². The van der Waals surface area contributed by atoms with Crippen LogP contribution >= 0.6 is 23.1 Å². The van der Waals surface area contributed by atoms with Gasteiger partial charge in [-0.2, -0.15) is 13.2 Å². The third-order valence-corrected chi connectivity index (χ3v) is 5.84. The van der Waals surface area contributed by atoms with Crippen LogP contribution in [0, 0.1) is 0 Å². The van der Waals surface area contributed by atoms with Crippen molar-refractivity contribution in [3.05, 3.63) is 59.7 Å². The summed E-state index contributed by atoms with van der Waals surface area (Å²) >= 11 is 2.12. The van der Waals surface area contributed by atoms with Gasteiger partial charge in [0.25, 0.3) is 5.91 Å². The molecule has 0 aliphatic heterocycles. The molecule has 0 spiro atoms. The topological polar surface area (TPSA) is 93.2 Å². The third kappa shape index (κ3) is 6.44. The van der Waals surface area contributed by atoms with Crippen molar-refractivity contribution in [2.75, 3.05) is 23.0 Å². The number of para-hydroxylation sites is 2. The van der Waals surface area contributed by atoms with Crippen molar-refractivity contribution in [2.45, 2.75) is 17.4 Å². The zero-order valence-corrected chi connectivity index (χ0v) is 18.2. The lowest BCUT2D eigenvalue weighted by Gasteiger charge is -2.10. The molecule has 0 bridgehead atoms. The van der Waals surface area contributed by atoms with E-state index in [4.69, 9.17) is 4.74 Å². The smallest absolute Gasteiger partial charge is 0.416 e. The molecular weight excluding hydrogens is 465 g/mol. The molecule has 0 fully saturated rings. The van der Waals surface area contributed by atoms with Crippen LogP contribution < -0.4 is 15.4 Å². The average Bonchev–Trinajstić information content (AvgIpc) is 3.20. The molecule has 32 heavy (non-hydrogen) atoms. The molecule has 0 saturated heterocycles. The largest absolute Gasteiger partial charge is 0.492 e. The van der Waals surface area contributed by atoms with Gasteiger partial charge in [-0.05, 0) is 37.3 Å². The molecule has 0 aliphatic rings. The molecule has 3 aromatic rings. The maximum atomic E-state index is 12.8. The third-order valence-electron chi connectivity index (χ3n) is 3.87. The SMILES string of the molecule is CCOc1ccccc1NC(=O)CSc1nnc(NC(=O)c2cccc(C(F)(F)F)c2)s1. The molecule has 0 aliphatic carbocycles. The Bertz CT molecular complexity index is 1110. The molecule has 168 valence electrons. The number of carbonyl (C=O) groups is 2. The van der Waals surface area contributed by atoms with E-state index in [0.717, 1.165) is 41.3 Å². The van der Waals surface area contributed by atoms with Crippen LogP contribution in [0.3, 0.4) is 0 Å². The first kappa shape index (κ1) is 23.5. The predicted octanol–water partition coefficient (Wildman–Crippen LogP) is 4.94. The van der Waals surface area contributed by atoms with Crippen LogP contribution in [-0.4, -0.2) is 34.4 Å². The molecule has 2 N–H and O–H groups in total. The quantitative estimate of drug-likeness (QED) is 0.349. The first-order chi connectivity index (χ1) is 15.3. The number of halogens is 3. The minimum Gasteiger partial charge on any atom is -0.492 e. The molecule has 0 atom stereocenters. The highest BCUT2D eigenvalue weighted by Gasteiger charge is 2.31. The molecule has 2 amide bonds. The van der Waals surface area contributed by atoms with Gasteiger partial charge in [0.05, 0.1) is 23.6 Å². The van der Waals surface area contributed by atoms with Crippen molar-refractivity contribution in [1.29, 1.82) is 0 Å². The zero-order valence-electron chi connectivity index (χ0n) is 16.6. The van der Waals surface area contributed by atoms with Crippen molar-refractivity contribution < 1.29 is 27.5 Å². The van der Waals surface area contributed by atoms with E-state index in [0.29, 0.717) is 22.4 Å². The lowest BCUT2D eigenvalue weighted by Crippen LogP contribution is -2.14. The van der Waals surface area contributed by atoms with E-state index in [1.165, 1.54) is 6.07 Å². The molecule has 0 radical (unpaired) electrons. The summed E-state index contributed by atoms with van der Waals surface area (Å²) < 4.78 is 44.3. The van der Waals surface area contributed by atoms with Crippen LogP contribution in [0.1, 0.15) is 22.8 Å². The summed E-state index contributed by atoms with van der Waals surface area (Å²) in [5.74, 6) is -0.429. The minimum atomic E-state index is -4.55. The van der Waals surface area contributed by atoms with Gasteiger partial charge in [0.15, 0.2) is 4.34 Å². The van der Waals surface area contributed by atoms with Crippen molar-refractivity contribution >= 4 is 45.7 Å². The van der Waals surface area contributed by atoms with E-state index in [9.17, 15) is 22.8 Å². The Labute approximate surface area is 189 Å². The summed E-state index contributed by atoms with van der Waals surface area (Å²) in [7, 11) is 0. The fourth-order valence-corrected chi connectivity index (χ4v) is 4.04. The van der Waals surface area contributed by atoms with Gasteiger partial charge in [-0.25, -0.2) is 0 Å². The first-order valence-electron chi connectivity index (χ1n) is 9.23. The summed E-state index contributed by atoms with van der Waals surface area (Å²) in [5.41, 5.74) is -0.529. The molecule has 0 saturated carbocycles. The van der Waals surface area contributed by atoms with E-state index < -0.39 is 17.6 Å². The fraction of sp³-hybridized carbons (Fsp3) is 0.200. The monoisotopic (exact) mass is 482 g/mol. The number of hydrogen-bond acceptors (Lipinski definition) is 7. The van der Waals surface area contributed by atoms with Gasteiger partial charge in [0.2, 0.25) is 11.0 Å². The van der Waals surface area contributed by atoms with Gasteiger partial charge in [-0.15, -0.1) is 10.2 Å². The summed E-state index contributed by atoms with van der Waals surface area (Å²) in [6.45, 7) is 2.30. The number of ether oxygens (including phenoxy) is 1. The average molecular weight is 483 g/mol. The fourth-order valence-electron chi connectivity index (χ4n) is 2.49. The van der Waals surface area contributed by atoms with E-state index in [1.807, 2.05) is 6.92 Å². The second kappa shape index (κ2) is 10.5. The van der Waals surface area contributed by atoms with Crippen molar-refractivity contribution in [3.8, 4) is 5.75 Å². The Morgan fingerprint density at radius 3 is 2.62 bits per heavy atom. The molecule has 2 aromatic carbocycles. The van der Waals surface area contributed by atoms with Gasteiger partial charge in [0.1, 0.15) is 5.75 Å². The van der Waals surface area contributed by atoms with Crippen molar-refractivity contribution in [2.24, 2.45) is 0 Å². The minimum absolute atomic E-state index is 0.0384. The molecule has 1 heterocycles. The van der Waals surface area contributed by atoms with Gasteiger partial charge < -0.3 is 10.1 Å². The molecule has 1 aromatic heterocycles. The van der Waals surface area contributed by atoms with Gasteiger partial charge >= 0.3 is 6.18 Å². The number of alkyl halides is 3. The number of hydrogen-bond donors (Lipinski definition) is 2. The second-order valence-corrected chi connectivity index (χ2v) is 8.37. The van der Waals surface area contributed by atoms with Crippen molar-refractivity contribution in [1.82, 2.24) is 10.2 Å². The predicted molar refractivity (Wildman–Crippen MR) is 116 cm³/mol. The number of rotatable bonds is 8. The van der Waals surface area contributed by atoms with Gasteiger partial charge in [-0.3, -0.25) is 14.9 Å². The van der Waals surface area contributed by atoms with Gasteiger partial charge in [0, 0.05) is 5.56 Å². The van der Waals surface area contributed by atoms with Crippen LogP contribution in [0.15, 0.2) is 52.9 Å². The van der Waals surface area contributed by atoms with Crippen LogP contribution in [0.2, 0.25) is 0 Å². The van der Waals surface area contributed by atoms with Crippen LogP contribution in [0.25, 0.3) is 0 Å². The number of anilines is 2. The lowest BCUT2D eigenvalue weighted by atomic mass is 10.1. The Balaban J connectivity index is 1.55. The number of aromatic nitrogens is 2. The van der Waals surface area contributed by atoms with Gasteiger partial charge in [-0.1, -0.05) is 41.3 Å². The van der Waals surface area contributed by atoms with Crippen LogP contribution in [0.4, 0.5) is 24.0 Å². The summed E-state index contributed by atoms with van der Waals surface area (Å²) in [6, 6.07) is 11.1. The lowest BCUT2D eigenvalue weighted by molar-refractivity contribution is -0.137. The number of nitrogens with one attached hydrogen (secondary N) is 2. The number of nitrogens with zero attached hydrogens (tertiary/aromatic N) is 2. The Morgan fingerprint density at radius 1 is 1.09 bits per heavy atom. The maximum Gasteiger partial charge on any atom is 0.416 e. The number of carbonyl (C=O) groups excluding carboxylic acids is 2. The van der Waals surface area contributed by atoms with Crippen LogP contribution in [0.5, 0.6) is 5.75 Å². The summed E-state index contributed by atoms with van der Waals surface area (Å²) in [4.78, 5) is 24.5. The van der Waals surface area contributed by atoms with Crippen LogP contribution in [-0.2, 0) is 11.0 Å². The molecule has 0 unspecified atom stereocenters. The summed E-state index contributed by atoms with van der Waals surface area (Å²) in [5, 5.41) is 12.9. The zero-order chi connectivity index (χ0) is 23.1. The number of amides is 2. The highest BCUT2D eigenvalue weighted by atomic mass is 32.2. The second-order valence-electron chi connectivity index (χ2n) is 6.17. The Hall–Kier alpha value is -3.12. The highest BCUT2D eigenvalue weighted by molar-refractivity contribution is 8.01. The number of benzene rings is 2. The molecule has 12 heteroatoms. The molecular formula is C20H17F3N4O3S2. The maximum absolute atomic E-state index is 12.8.